The van der Waals surface area contributed by atoms with Crippen LogP contribution >= 0.6 is 0 Å². The number of ether oxygens (including phenoxy) is 1. The van der Waals surface area contributed by atoms with E-state index in [0.717, 1.165) is 35.6 Å². The third-order valence-electron chi connectivity index (χ3n) is 5.49. The highest BCUT2D eigenvalue weighted by Gasteiger charge is 2.19. The summed E-state index contributed by atoms with van der Waals surface area (Å²) in [4.78, 5) is 5.05. The molecule has 4 rings (SSSR count). The summed E-state index contributed by atoms with van der Waals surface area (Å²) in [7, 11) is -3.23. The van der Waals surface area contributed by atoms with Crippen LogP contribution < -0.4 is 10.1 Å². The van der Waals surface area contributed by atoms with Gasteiger partial charge in [-0.1, -0.05) is 20.3 Å². The third-order valence-corrected chi connectivity index (χ3v) is 6.62. The molecule has 0 spiro atoms. The highest BCUT2D eigenvalue weighted by molar-refractivity contribution is 7.90. The van der Waals surface area contributed by atoms with E-state index in [1.807, 2.05) is 12.3 Å². The Labute approximate surface area is 177 Å². The van der Waals surface area contributed by atoms with Crippen LogP contribution in [-0.2, 0) is 9.84 Å². The smallest absolute Gasteiger partial charge is 0.219 e. The minimum absolute atomic E-state index is 0.195. The second kappa shape index (κ2) is 8.26. The molecule has 1 N–H and O–H groups in total. The van der Waals surface area contributed by atoms with E-state index in [1.165, 1.54) is 25.5 Å². The number of anilines is 2. The Morgan fingerprint density at radius 1 is 1.13 bits per heavy atom. The number of hydrogen-bond donors (Lipinski definition) is 1. The molecular formula is C22H28N4O3S. The minimum Gasteiger partial charge on any atom is -0.474 e. The van der Waals surface area contributed by atoms with Crippen molar-refractivity contribution in [3.05, 3.63) is 42.1 Å². The van der Waals surface area contributed by atoms with Crippen LogP contribution in [-0.4, -0.2) is 35.4 Å². The van der Waals surface area contributed by atoms with E-state index in [9.17, 15) is 8.42 Å². The molecule has 7 nitrogen and oxygen atoms in total. The lowest BCUT2D eigenvalue weighted by Crippen LogP contribution is -2.20. The fourth-order valence-electron chi connectivity index (χ4n) is 3.80. The quantitative estimate of drug-likeness (QED) is 0.612. The molecule has 2 aromatic heterocycles. The lowest BCUT2D eigenvalue weighted by Gasteiger charge is -2.23. The van der Waals surface area contributed by atoms with Gasteiger partial charge in [-0.3, -0.25) is 0 Å². The maximum atomic E-state index is 11.7. The molecule has 0 aliphatic heterocycles. The first-order valence-electron chi connectivity index (χ1n) is 10.4. The van der Waals surface area contributed by atoms with Crippen LogP contribution in [0.3, 0.4) is 0 Å². The summed E-state index contributed by atoms with van der Waals surface area (Å²) in [5, 5.41) is 7.86. The Morgan fingerprint density at radius 2 is 1.83 bits per heavy atom. The largest absolute Gasteiger partial charge is 0.474 e. The lowest BCUT2D eigenvalue weighted by atomic mass is 9.98. The van der Waals surface area contributed by atoms with Gasteiger partial charge in [-0.2, -0.15) is 14.6 Å². The first-order valence-corrected chi connectivity index (χ1v) is 12.3. The molecule has 0 bridgehead atoms. The molecule has 0 saturated heterocycles. The highest BCUT2D eigenvalue weighted by atomic mass is 32.2. The Bertz CT molecular complexity index is 1130. The number of hydrogen-bond acceptors (Lipinski definition) is 6. The summed E-state index contributed by atoms with van der Waals surface area (Å²) >= 11 is 0. The van der Waals surface area contributed by atoms with Gasteiger partial charge in [0.05, 0.1) is 11.1 Å². The van der Waals surface area contributed by atoms with E-state index in [4.69, 9.17) is 9.72 Å². The number of sulfone groups is 1. The molecule has 1 saturated carbocycles. The zero-order chi connectivity index (χ0) is 21.3. The predicted octanol–water partition coefficient (Wildman–Crippen LogP) is 4.71. The van der Waals surface area contributed by atoms with Gasteiger partial charge in [0.1, 0.15) is 11.9 Å². The number of nitrogens with zero attached hydrogens (tertiary/aromatic N) is 3. The molecule has 30 heavy (non-hydrogen) atoms. The molecule has 8 heteroatoms. The van der Waals surface area contributed by atoms with Crippen LogP contribution in [0.5, 0.6) is 5.88 Å². The SMILES string of the molecule is CC(C)c1cnn2c(Nc3ccc(S(C)(=O)=O)cc3)cc(OC3CCCCC3)nc12. The van der Waals surface area contributed by atoms with E-state index >= 15 is 0 Å². The Morgan fingerprint density at radius 3 is 2.47 bits per heavy atom. The van der Waals surface area contributed by atoms with Crippen LogP contribution in [0, 0.1) is 0 Å². The van der Waals surface area contributed by atoms with Gasteiger partial charge in [0, 0.05) is 23.6 Å². The zero-order valence-electron chi connectivity index (χ0n) is 17.6. The Hall–Kier alpha value is -2.61. The molecule has 0 unspecified atom stereocenters. The summed E-state index contributed by atoms with van der Waals surface area (Å²) in [6.45, 7) is 4.23. The predicted molar refractivity (Wildman–Crippen MR) is 117 cm³/mol. The van der Waals surface area contributed by atoms with Gasteiger partial charge in [0.15, 0.2) is 15.5 Å². The van der Waals surface area contributed by atoms with Crippen LogP contribution in [0.1, 0.15) is 57.4 Å². The molecule has 160 valence electrons. The second-order valence-electron chi connectivity index (χ2n) is 8.27. The van der Waals surface area contributed by atoms with Crippen molar-refractivity contribution in [3.8, 4) is 5.88 Å². The highest BCUT2D eigenvalue weighted by Crippen LogP contribution is 2.29. The number of fused-ring (bicyclic) bond motifs is 1. The molecule has 3 aromatic rings. The lowest BCUT2D eigenvalue weighted by molar-refractivity contribution is 0.149. The summed E-state index contributed by atoms with van der Waals surface area (Å²) in [6.07, 6.45) is 8.99. The maximum absolute atomic E-state index is 11.7. The molecule has 1 aromatic carbocycles. The number of nitrogens with one attached hydrogen (secondary N) is 1. The van der Waals surface area contributed by atoms with Gasteiger partial charge in [-0.15, -0.1) is 0 Å². The molecule has 1 aliphatic rings. The zero-order valence-corrected chi connectivity index (χ0v) is 18.4. The molecule has 0 amide bonds. The maximum Gasteiger partial charge on any atom is 0.219 e. The first kappa shape index (κ1) is 20.7. The van der Waals surface area contributed by atoms with E-state index in [0.29, 0.717) is 5.88 Å². The van der Waals surface area contributed by atoms with Gasteiger partial charge in [-0.05, 0) is 55.9 Å². The fraction of sp³-hybridized carbons (Fsp3) is 0.455. The first-order chi connectivity index (χ1) is 14.3. The van der Waals surface area contributed by atoms with Crippen molar-refractivity contribution < 1.29 is 13.2 Å². The average molecular weight is 429 g/mol. The van der Waals surface area contributed by atoms with Crippen molar-refractivity contribution >= 4 is 27.0 Å². The topological polar surface area (TPSA) is 85.6 Å². The van der Waals surface area contributed by atoms with Gasteiger partial charge in [0.25, 0.3) is 0 Å². The van der Waals surface area contributed by atoms with Gasteiger partial charge < -0.3 is 10.1 Å². The molecular weight excluding hydrogens is 400 g/mol. The van der Waals surface area contributed by atoms with Crippen LogP contribution in [0.25, 0.3) is 5.65 Å². The van der Waals surface area contributed by atoms with Crippen molar-refractivity contribution in [2.75, 3.05) is 11.6 Å². The van der Waals surface area contributed by atoms with E-state index in [-0.39, 0.29) is 16.9 Å². The van der Waals surface area contributed by atoms with E-state index < -0.39 is 9.84 Å². The van der Waals surface area contributed by atoms with Crippen molar-refractivity contribution in [1.29, 1.82) is 0 Å². The Balaban J connectivity index is 1.69. The summed E-state index contributed by atoms with van der Waals surface area (Å²) in [5.74, 6) is 1.60. The van der Waals surface area contributed by atoms with Gasteiger partial charge in [0.2, 0.25) is 5.88 Å². The average Bonchev–Trinajstić information content (AvgIpc) is 3.13. The van der Waals surface area contributed by atoms with Crippen molar-refractivity contribution in [2.45, 2.75) is 62.9 Å². The van der Waals surface area contributed by atoms with Crippen LogP contribution in [0.4, 0.5) is 11.5 Å². The summed E-state index contributed by atoms with van der Waals surface area (Å²) in [6, 6.07) is 8.55. The minimum atomic E-state index is -3.23. The van der Waals surface area contributed by atoms with E-state index in [2.05, 4.69) is 24.3 Å². The third kappa shape index (κ3) is 4.43. The number of benzene rings is 1. The fourth-order valence-corrected chi connectivity index (χ4v) is 4.43. The van der Waals surface area contributed by atoms with Crippen molar-refractivity contribution in [3.63, 3.8) is 0 Å². The van der Waals surface area contributed by atoms with Crippen molar-refractivity contribution in [2.24, 2.45) is 0 Å². The summed E-state index contributed by atoms with van der Waals surface area (Å²) in [5.41, 5.74) is 2.59. The molecule has 1 aliphatic carbocycles. The standard InChI is InChI=1S/C22H28N4O3S/c1-15(2)19-14-23-26-20(24-16-9-11-18(12-10-16)30(3,27)28)13-21(25-22(19)26)29-17-7-5-4-6-8-17/h9-15,17,24H,4-8H2,1-3H3. The van der Waals surface area contributed by atoms with Gasteiger partial charge in [-0.25, -0.2) is 8.42 Å². The number of aromatic nitrogens is 3. The van der Waals surface area contributed by atoms with Crippen molar-refractivity contribution in [1.82, 2.24) is 14.6 Å². The molecule has 1 fully saturated rings. The Kier molecular flexibility index (Phi) is 5.69. The molecule has 2 heterocycles. The molecule has 0 radical (unpaired) electrons. The monoisotopic (exact) mass is 428 g/mol. The van der Waals surface area contributed by atoms with Crippen LogP contribution in [0.2, 0.25) is 0 Å². The van der Waals surface area contributed by atoms with Crippen LogP contribution in [0.15, 0.2) is 41.4 Å². The second-order valence-corrected chi connectivity index (χ2v) is 10.3. The number of rotatable bonds is 6. The van der Waals surface area contributed by atoms with Gasteiger partial charge >= 0.3 is 0 Å². The summed E-state index contributed by atoms with van der Waals surface area (Å²) < 4.78 is 31.4. The normalized spacial score (nSPS) is 15.6. The van der Waals surface area contributed by atoms with E-state index in [1.54, 1.807) is 28.8 Å². The molecule has 0 atom stereocenters.